The van der Waals surface area contributed by atoms with Gasteiger partial charge in [-0.3, -0.25) is 9.59 Å². The Hall–Kier alpha value is -2.71. The zero-order valence-corrected chi connectivity index (χ0v) is 18.2. The number of rotatable bonds is 5. The minimum Gasteiger partial charge on any atom is -0.461 e. The summed E-state index contributed by atoms with van der Waals surface area (Å²) >= 11 is 1.43. The normalized spacial score (nSPS) is 16.1. The average molecular weight is 444 g/mol. The highest BCUT2D eigenvalue weighted by atomic mass is 32.2. The third-order valence-electron chi connectivity index (χ3n) is 5.26. The zero-order chi connectivity index (χ0) is 21.5. The van der Waals surface area contributed by atoms with Crippen molar-refractivity contribution in [2.24, 2.45) is 5.92 Å². The first kappa shape index (κ1) is 20.6. The van der Waals surface area contributed by atoms with E-state index in [0.717, 1.165) is 36.0 Å². The molecule has 1 atom stereocenters. The molecule has 1 amide bonds. The Kier molecular flexibility index (Phi) is 5.38. The molecule has 0 fully saturated rings. The van der Waals surface area contributed by atoms with Crippen LogP contribution in [0.2, 0.25) is 0 Å². The Morgan fingerprint density at radius 2 is 1.90 bits per heavy atom. The third-order valence-corrected chi connectivity index (χ3v) is 7.55. The average Bonchev–Trinajstić information content (AvgIpc) is 3.34. The number of hydrogen-bond donors (Lipinski definition) is 1. The second-order valence-corrected chi connectivity index (χ2v) is 10.7. The van der Waals surface area contributed by atoms with E-state index < -0.39 is 15.7 Å². The van der Waals surface area contributed by atoms with Gasteiger partial charge >= 0.3 is 0 Å². The van der Waals surface area contributed by atoms with E-state index in [1.54, 1.807) is 12.1 Å². The van der Waals surface area contributed by atoms with Crippen LogP contribution in [0, 0.1) is 5.92 Å². The van der Waals surface area contributed by atoms with Gasteiger partial charge in [-0.1, -0.05) is 6.92 Å². The molecule has 0 saturated heterocycles. The standard InChI is InChI=1S/C22H21NO5S2/c1-13-5-10-16-18(12-13)29-22(19(16)20(24)17-4-3-11-28-17)23-21(25)14-6-8-15(9-7-14)30(2,26)27/h3-4,6-9,11,13H,5,10,12H2,1-2H3,(H,23,25). The third kappa shape index (κ3) is 3.97. The van der Waals surface area contributed by atoms with E-state index in [1.807, 2.05) is 0 Å². The molecule has 0 spiro atoms. The van der Waals surface area contributed by atoms with E-state index in [1.165, 1.54) is 41.9 Å². The molecule has 30 heavy (non-hydrogen) atoms. The topological polar surface area (TPSA) is 93.5 Å². The summed E-state index contributed by atoms with van der Waals surface area (Å²) in [7, 11) is -3.34. The van der Waals surface area contributed by atoms with Crippen molar-refractivity contribution in [3.63, 3.8) is 0 Å². The molecular formula is C22H21NO5S2. The lowest BCUT2D eigenvalue weighted by molar-refractivity contribution is 0.101. The van der Waals surface area contributed by atoms with Crippen LogP contribution in [0.4, 0.5) is 5.00 Å². The minimum atomic E-state index is -3.34. The molecule has 2 heterocycles. The Labute approximate surface area is 178 Å². The van der Waals surface area contributed by atoms with Gasteiger partial charge in [0, 0.05) is 16.7 Å². The first-order valence-corrected chi connectivity index (χ1v) is 12.3. The molecule has 0 saturated carbocycles. The molecule has 4 rings (SSSR count). The summed E-state index contributed by atoms with van der Waals surface area (Å²) in [5.74, 6) is 0.127. The van der Waals surface area contributed by atoms with Crippen LogP contribution < -0.4 is 5.32 Å². The van der Waals surface area contributed by atoms with Crippen molar-refractivity contribution in [3.05, 3.63) is 70.0 Å². The quantitative estimate of drug-likeness (QED) is 0.592. The van der Waals surface area contributed by atoms with Gasteiger partial charge in [0.1, 0.15) is 5.00 Å². The fourth-order valence-electron chi connectivity index (χ4n) is 3.64. The molecule has 0 radical (unpaired) electrons. The highest BCUT2D eigenvalue weighted by Gasteiger charge is 2.30. The summed E-state index contributed by atoms with van der Waals surface area (Å²) in [6.07, 6.45) is 5.22. The summed E-state index contributed by atoms with van der Waals surface area (Å²) < 4.78 is 28.6. The van der Waals surface area contributed by atoms with Crippen molar-refractivity contribution < 1.29 is 22.4 Å². The number of nitrogens with one attached hydrogen (secondary N) is 1. The molecule has 156 valence electrons. The first-order chi connectivity index (χ1) is 14.2. The lowest BCUT2D eigenvalue weighted by Gasteiger charge is -2.18. The number of benzene rings is 1. The molecule has 0 bridgehead atoms. The van der Waals surface area contributed by atoms with Gasteiger partial charge in [-0.25, -0.2) is 8.42 Å². The van der Waals surface area contributed by atoms with Crippen LogP contribution in [0.1, 0.15) is 50.3 Å². The molecule has 1 unspecified atom stereocenters. The highest BCUT2D eigenvalue weighted by Crippen LogP contribution is 2.41. The second-order valence-electron chi connectivity index (χ2n) is 7.61. The van der Waals surface area contributed by atoms with Crippen molar-refractivity contribution in [2.45, 2.75) is 31.1 Å². The Balaban J connectivity index is 1.68. The molecule has 1 aliphatic rings. The van der Waals surface area contributed by atoms with Gasteiger partial charge in [0.15, 0.2) is 15.6 Å². The molecule has 3 aromatic rings. The van der Waals surface area contributed by atoms with Crippen LogP contribution in [-0.2, 0) is 22.7 Å². The predicted octanol–water partition coefficient (Wildman–Crippen LogP) is 4.35. The smallest absolute Gasteiger partial charge is 0.256 e. The van der Waals surface area contributed by atoms with E-state index in [9.17, 15) is 18.0 Å². The molecular weight excluding hydrogens is 422 g/mol. The zero-order valence-electron chi connectivity index (χ0n) is 16.6. The number of thiophene rings is 1. The second kappa shape index (κ2) is 7.85. The number of ketones is 1. The van der Waals surface area contributed by atoms with Gasteiger partial charge in [0.05, 0.1) is 16.7 Å². The van der Waals surface area contributed by atoms with E-state index in [-0.39, 0.29) is 16.4 Å². The molecule has 6 nitrogen and oxygen atoms in total. The van der Waals surface area contributed by atoms with Crippen LogP contribution in [-0.4, -0.2) is 26.4 Å². The van der Waals surface area contributed by atoms with E-state index in [4.69, 9.17) is 4.42 Å². The SMILES string of the molecule is CC1CCc2c(sc(NC(=O)c3ccc(S(C)(=O)=O)cc3)c2C(=O)c2ccco2)C1. The van der Waals surface area contributed by atoms with E-state index >= 15 is 0 Å². The van der Waals surface area contributed by atoms with Crippen molar-refractivity contribution in [3.8, 4) is 0 Å². The molecule has 8 heteroatoms. The maximum atomic E-state index is 13.1. The lowest BCUT2D eigenvalue weighted by atomic mass is 9.87. The molecule has 0 aliphatic heterocycles. The van der Waals surface area contributed by atoms with Gasteiger partial charge in [-0.2, -0.15) is 0 Å². The largest absolute Gasteiger partial charge is 0.461 e. The number of hydrogen-bond acceptors (Lipinski definition) is 6. The maximum Gasteiger partial charge on any atom is 0.256 e. The Morgan fingerprint density at radius 3 is 2.53 bits per heavy atom. The number of furan rings is 1. The monoisotopic (exact) mass is 443 g/mol. The number of anilines is 1. The summed E-state index contributed by atoms with van der Waals surface area (Å²) in [4.78, 5) is 27.2. The summed E-state index contributed by atoms with van der Waals surface area (Å²) in [6, 6.07) is 9.02. The van der Waals surface area contributed by atoms with Gasteiger partial charge < -0.3 is 9.73 Å². The Bertz CT molecular complexity index is 1210. The van der Waals surface area contributed by atoms with Crippen LogP contribution in [0.5, 0.6) is 0 Å². The van der Waals surface area contributed by atoms with Gasteiger partial charge in [-0.05, 0) is 67.1 Å². The van der Waals surface area contributed by atoms with Crippen LogP contribution >= 0.6 is 11.3 Å². The number of amides is 1. The molecule has 1 aromatic carbocycles. The van der Waals surface area contributed by atoms with Gasteiger partial charge in [0.2, 0.25) is 5.78 Å². The molecule has 1 aliphatic carbocycles. The Morgan fingerprint density at radius 1 is 1.17 bits per heavy atom. The van der Waals surface area contributed by atoms with Crippen LogP contribution in [0.15, 0.2) is 52.0 Å². The van der Waals surface area contributed by atoms with Crippen molar-refractivity contribution in [1.29, 1.82) is 0 Å². The summed E-state index contributed by atoms with van der Waals surface area (Å²) in [6.45, 7) is 2.18. The van der Waals surface area contributed by atoms with Gasteiger partial charge in [-0.15, -0.1) is 11.3 Å². The van der Waals surface area contributed by atoms with Crippen LogP contribution in [0.3, 0.4) is 0 Å². The summed E-state index contributed by atoms with van der Waals surface area (Å²) in [5, 5.41) is 3.37. The minimum absolute atomic E-state index is 0.147. The fourth-order valence-corrected chi connectivity index (χ4v) is 5.67. The highest BCUT2D eigenvalue weighted by molar-refractivity contribution is 7.90. The van der Waals surface area contributed by atoms with E-state index in [2.05, 4.69) is 12.2 Å². The molecule has 2 aromatic heterocycles. The summed E-state index contributed by atoms with van der Waals surface area (Å²) in [5.41, 5.74) is 1.80. The number of sulfone groups is 1. The van der Waals surface area contributed by atoms with Crippen LogP contribution in [0.25, 0.3) is 0 Å². The van der Waals surface area contributed by atoms with Gasteiger partial charge in [0.25, 0.3) is 5.91 Å². The van der Waals surface area contributed by atoms with E-state index in [0.29, 0.717) is 22.0 Å². The number of carbonyl (C=O) groups excluding carboxylic acids is 2. The van der Waals surface area contributed by atoms with Crippen molar-refractivity contribution >= 4 is 37.9 Å². The lowest BCUT2D eigenvalue weighted by Crippen LogP contribution is -2.15. The van der Waals surface area contributed by atoms with Crippen molar-refractivity contribution in [2.75, 3.05) is 11.6 Å². The number of fused-ring (bicyclic) bond motifs is 1. The predicted molar refractivity (Wildman–Crippen MR) is 115 cm³/mol. The number of carbonyl (C=O) groups is 2. The maximum absolute atomic E-state index is 13.1. The van der Waals surface area contributed by atoms with Crippen molar-refractivity contribution in [1.82, 2.24) is 0 Å². The first-order valence-electron chi connectivity index (χ1n) is 9.58. The fraction of sp³-hybridized carbons (Fsp3) is 0.273. The molecule has 1 N–H and O–H groups in total.